The third kappa shape index (κ3) is 8.07. The highest BCUT2D eigenvalue weighted by molar-refractivity contribution is 7.91. The van der Waals surface area contributed by atoms with E-state index in [1.54, 1.807) is 6.92 Å². The Morgan fingerprint density at radius 2 is 1.94 bits per heavy atom. The summed E-state index contributed by atoms with van der Waals surface area (Å²) in [5, 5.41) is 3.30. The van der Waals surface area contributed by atoms with E-state index in [1.165, 1.54) is 0 Å². The molecule has 0 aliphatic carbocycles. The van der Waals surface area contributed by atoms with Crippen molar-refractivity contribution in [1.29, 1.82) is 0 Å². The maximum atomic E-state index is 11.3. The van der Waals surface area contributed by atoms with E-state index in [0.29, 0.717) is 19.6 Å². The molecule has 1 N–H and O–H groups in total. The SMILES string of the molecule is CCNC(CCCS(=O)(=O)CC)COCC. The van der Waals surface area contributed by atoms with Crippen molar-refractivity contribution in [3.63, 3.8) is 0 Å². The number of hydrogen-bond donors (Lipinski definition) is 1. The maximum Gasteiger partial charge on any atom is 0.150 e. The number of rotatable bonds is 10. The first kappa shape index (κ1) is 15.9. The van der Waals surface area contributed by atoms with Crippen molar-refractivity contribution in [2.75, 3.05) is 31.3 Å². The number of sulfone groups is 1. The average molecular weight is 251 g/mol. The van der Waals surface area contributed by atoms with E-state index in [-0.39, 0.29) is 17.5 Å². The van der Waals surface area contributed by atoms with Crippen LogP contribution in [-0.2, 0) is 14.6 Å². The van der Waals surface area contributed by atoms with Crippen LogP contribution in [0.25, 0.3) is 0 Å². The Kier molecular flexibility index (Phi) is 8.89. The van der Waals surface area contributed by atoms with Gasteiger partial charge in [0.05, 0.1) is 12.4 Å². The number of nitrogens with one attached hydrogen (secondary N) is 1. The van der Waals surface area contributed by atoms with E-state index in [1.807, 2.05) is 13.8 Å². The minimum Gasteiger partial charge on any atom is -0.380 e. The monoisotopic (exact) mass is 251 g/mol. The van der Waals surface area contributed by atoms with E-state index in [4.69, 9.17) is 4.74 Å². The van der Waals surface area contributed by atoms with E-state index in [2.05, 4.69) is 5.32 Å². The molecule has 0 aliphatic heterocycles. The number of likely N-dealkylation sites (N-methyl/N-ethyl adjacent to an activating group) is 1. The maximum absolute atomic E-state index is 11.3. The molecule has 0 bridgehead atoms. The van der Waals surface area contributed by atoms with Crippen LogP contribution in [-0.4, -0.2) is 45.7 Å². The van der Waals surface area contributed by atoms with Crippen LogP contribution in [0.5, 0.6) is 0 Å². The zero-order valence-electron chi connectivity index (χ0n) is 10.7. The second-order valence-corrected chi connectivity index (χ2v) is 6.27. The van der Waals surface area contributed by atoms with Crippen LogP contribution in [0, 0.1) is 0 Å². The van der Waals surface area contributed by atoms with Crippen molar-refractivity contribution in [1.82, 2.24) is 5.32 Å². The van der Waals surface area contributed by atoms with Crippen LogP contribution in [0.3, 0.4) is 0 Å². The van der Waals surface area contributed by atoms with Crippen LogP contribution < -0.4 is 5.32 Å². The Bertz CT molecular complexity index is 252. The van der Waals surface area contributed by atoms with E-state index < -0.39 is 9.84 Å². The fraction of sp³-hybridized carbons (Fsp3) is 1.00. The van der Waals surface area contributed by atoms with Gasteiger partial charge in [-0.25, -0.2) is 8.42 Å². The molecule has 0 fully saturated rings. The Balaban J connectivity index is 3.83. The molecule has 0 aromatic carbocycles. The fourth-order valence-corrected chi connectivity index (χ4v) is 2.38. The summed E-state index contributed by atoms with van der Waals surface area (Å²) in [5.74, 6) is 0.530. The van der Waals surface area contributed by atoms with Gasteiger partial charge in [0.15, 0.2) is 0 Å². The molecule has 1 unspecified atom stereocenters. The van der Waals surface area contributed by atoms with Crippen molar-refractivity contribution in [2.24, 2.45) is 0 Å². The van der Waals surface area contributed by atoms with E-state index in [9.17, 15) is 8.42 Å². The molecule has 0 aromatic rings. The van der Waals surface area contributed by atoms with Gasteiger partial charge in [-0.2, -0.15) is 0 Å². The van der Waals surface area contributed by atoms with Gasteiger partial charge in [0.2, 0.25) is 0 Å². The van der Waals surface area contributed by atoms with Crippen LogP contribution in [0.2, 0.25) is 0 Å². The highest BCUT2D eigenvalue weighted by Gasteiger charge is 2.11. The van der Waals surface area contributed by atoms with E-state index in [0.717, 1.165) is 13.0 Å². The summed E-state index contributed by atoms with van der Waals surface area (Å²) in [7, 11) is -2.82. The van der Waals surface area contributed by atoms with Gasteiger partial charge in [-0.1, -0.05) is 13.8 Å². The fourth-order valence-electron chi connectivity index (χ4n) is 1.49. The predicted octanol–water partition coefficient (Wildman–Crippen LogP) is 1.22. The molecule has 0 spiro atoms. The summed E-state index contributed by atoms with van der Waals surface area (Å²) in [6.45, 7) is 7.95. The standard InChI is InChI=1S/C11H25NO3S/c1-4-12-11(10-15-5-2)8-7-9-16(13,14)6-3/h11-12H,4-10H2,1-3H3. The molecule has 0 saturated carbocycles. The Hall–Kier alpha value is -0.130. The summed E-state index contributed by atoms with van der Waals surface area (Å²) in [6, 6.07) is 0.275. The summed E-state index contributed by atoms with van der Waals surface area (Å²) in [4.78, 5) is 0. The summed E-state index contributed by atoms with van der Waals surface area (Å²) in [5.41, 5.74) is 0. The Morgan fingerprint density at radius 3 is 2.44 bits per heavy atom. The Morgan fingerprint density at radius 1 is 1.25 bits per heavy atom. The third-order valence-electron chi connectivity index (χ3n) is 2.46. The molecule has 0 saturated heterocycles. The van der Waals surface area contributed by atoms with Gasteiger partial charge < -0.3 is 10.1 Å². The van der Waals surface area contributed by atoms with Gasteiger partial charge in [0.25, 0.3) is 0 Å². The molecule has 5 heteroatoms. The lowest BCUT2D eigenvalue weighted by Gasteiger charge is -2.17. The van der Waals surface area contributed by atoms with Crippen LogP contribution in [0.1, 0.15) is 33.6 Å². The first-order valence-electron chi connectivity index (χ1n) is 6.07. The van der Waals surface area contributed by atoms with Gasteiger partial charge in [0.1, 0.15) is 9.84 Å². The topological polar surface area (TPSA) is 55.4 Å². The quantitative estimate of drug-likeness (QED) is 0.634. The average Bonchev–Trinajstić information content (AvgIpc) is 2.25. The highest BCUT2D eigenvalue weighted by atomic mass is 32.2. The Labute approximate surface area is 99.7 Å². The van der Waals surface area contributed by atoms with Gasteiger partial charge in [-0.15, -0.1) is 0 Å². The van der Waals surface area contributed by atoms with Crippen molar-refractivity contribution in [2.45, 2.75) is 39.7 Å². The molecule has 4 nitrogen and oxygen atoms in total. The molecule has 0 heterocycles. The first-order valence-corrected chi connectivity index (χ1v) is 7.89. The second kappa shape index (κ2) is 8.96. The molecule has 0 rings (SSSR count). The summed E-state index contributed by atoms with van der Waals surface area (Å²) >= 11 is 0. The molecule has 0 amide bonds. The second-order valence-electron chi connectivity index (χ2n) is 3.79. The van der Waals surface area contributed by atoms with Gasteiger partial charge in [-0.3, -0.25) is 0 Å². The summed E-state index contributed by atoms with van der Waals surface area (Å²) in [6.07, 6.45) is 1.56. The zero-order chi connectivity index (χ0) is 12.4. The highest BCUT2D eigenvalue weighted by Crippen LogP contribution is 2.02. The van der Waals surface area contributed by atoms with Gasteiger partial charge in [0, 0.05) is 18.4 Å². The van der Waals surface area contributed by atoms with Crippen LogP contribution >= 0.6 is 0 Å². The lowest BCUT2D eigenvalue weighted by Crippen LogP contribution is -2.33. The molecular weight excluding hydrogens is 226 g/mol. The van der Waals surface area contributed by atoms with Gasteiger partial charge in [-0.05, 0) is 26.3 Å². The largest absolute Gasteiger partial charge is 0.380 e. The predicted molar refractivity (Wildman–Crippen MR) is 67.5 cm³/mol. The first-order chi connectivity index (χ1) is 7.55. The van der Waals surface area contributed by atoms with Crippen molar-refractivity contribution >= 4 is 9.84 Å². The smallest absolute Gasteiger partial charge is 0.150 e. The third-order valence-corrected chi connectivity index (χ3v) is 4.25. The van der Waals surface area contributed by atoms with Crippen LogP contribution in [0.4, 0.5) is 0 Å². The molecule has 98 valence electrons. The van der Waals surface area contributed by atoms with E-state index >= 15 is 0 Å². The van der Waals surface area contributed by atoms with Crippen LogP contribution in [0.15, 0.2) is 0 Å². The lowest BCUT2D eigenvalue weighted by atomic mass is 10.2. The van der Waals surface area contributed by atoms with Crippen molar-refractivity contribution in [3.05, 3.63) is 0 Å². The molecule has 0 radical (unpaired) electrons. The minimum absolute atomic E-state index is 0.240. The molecular formula is C11H25NO3S. The lowest BCUT2D eigenvalue weighted by molar-refractivity contribution is 0.120. The molecule has 1 atom stereocenters. The zero-order valence-corrected chi connectivity index (χ0v) is 11.5. The molecule has 0 aliphatic rings. The molecule has 0 aromatic heterocycles. The number of hydrogen-bond acceptors (Lipinski definition) is 4. The minimum atomic E-state index is -2.82. The summed E-state index contributed by atoms with van der Waals surface area (Å²) < 4.78 is 27.9. The van der Waals surface area contributed by atoms with Gasteiger partial charge >= 0.3 is 0 Å². The van der Waals surface area contributed by atoms with Crippen molar-refractivity contribution < 1.29 is 13.2 Å². The van der Waals surface area contributed by atoms with Crippen molar-refractivity contribution in [3.8, 4) is 0 Å². The molecule has 16 heavy (non-hydrogen) atoms. The number of ether oxygens (including phenoxy) is 1. The normalized spacial score (nSPS) is 13.9.